The maximum absolute atomic E-state index is 12.4. The lowest BCUT2D eigenvalue weighted by molar-refractivity contribution is -0.138. The van der Waals surface area contributed by atoms with Gasteiger partial charge in [0.25, 0.3) is 10.0 Å². The second-order valence-electron chi connectivity index (χ2n) is 4.99. The van der Waals surface area contributed by atoms with E-state index < -0.39 is 16.0 Å². The minimum absolute atomic E-state index is 0.0620. The summed E-state index contributed by atoms with van der Waals surface area (Å²) < 4.78 is 26.2. The Morgan fingerprint density at radius 1 is 1.50 bits per heavy atom. The number of aromatic nitrogens is 2. The molecule has 20 heavy (non-hydrogen) atoms. The van der Waals surface area contributed by atoms with Crippen molar-refractivity contribution in [1.82, 2.24) is 14.3 Å². The lowest BCUT2D eigenvalue weighted by Gasteiger charge is -2.29. The summed E-state index contributed by atoms with van der Waals surface area (Å²) in [5.41, 5.74) is 0. The van der Waals surface area contributed by atoms with E-state index in [0.717, 1.165) is 0 Å². The Labute approximate surface area is 118 Å². The van der Waals surface area contributed by atoms with Crippen molar-refractivity contribution in [2.75, 3.05) is 13.1 Å². The largest absolute Gasteiger partial charge is 0.481 e. The van der Waals surface area contributed by atoms with Crippen LogP contribution in [0.3, 0.4) is 0 Å². The molecular weight excluding hydrogens is 282 g/mol. The molecule has 1 fully saturated rings. The molecule has 7 nitrogen and oxygen atoms in total. The lowest BCUT2D eigenvalue weighted by atomic mass is 9.95. The van der Waals surface area contributed by atoms with Gasteiger partial charge in [0.15, 0.2) is 5.03 Å². The normalized spacial score (nSPS) is 18.2. The van der Waals surface area contributed by atoms with Crippen LogP contribution in [-0.4, -0.2) is 46.9 Å². The maximum atomic E-state index is 12.4. The van der Waals surface area contributed by atoms with Crippen molar-refractivity contribution in [3.05, 3.63) is 12.0 Å². The van der Waals surface area contributed by atoms with Gasteiger partial charge in [-0.2, -0.15) is 4.31 Å². The number of aryl methyl sites for hydroxylation is 1. The number of aliphatic carboxylic acids is 1. The number of aromatic amines is 1. The zero-order valence-electron chi connectivity index (χ0n) is 11.4. The van der Waals surface area contributed by atoms with Gasteiger partial charge < -0.3 is 10.1 Å². The molecule has 0 spiro atoms. The molecule has 2 heterocycles. The maximum Gasteiger partial charge on any atom is 0.303 e. The summed E-state index contributed by atoms with van der Waals surface area (Å²) in [5.74, 6) is -0.122. The van der Waals surface area contributed by atoms with Crippen LogP contribution >= 0.6 is 0 Å². The summed E-state index contributed by atoms with van der Waals surface area (Å²) in [5, 5.41) is 8.87. The van der Waals surface area contributed by atoms with Gasteiger partial charge in [-0.3, -0.25) is 4.79 Å². The van der Waals surface area contributed by atoms with E-state index in [4.69, 9.17) is 5.11 Å². The Hall–Kier alpha value is -1.41. The number of sulfonamides is 1. The zero-order chi connectivity index (χ0) is 14.8. The molecule has 2 rings (SSSR count). The predicted molar refractivity (Wildman–Crippen MR) is 71.7 cm³/mol. The third kappa shape index (κ3) is 3.18. The number of nitrogens with zero attached hydrogens (tertiary/aromatic N) is 2. The summed E-state index contributed by atoms with van der Waals surface area (Å²) in [7, 11) is -3.54. The fraction of sp³-hybridized carbons (Fsp3) is 0.667. The average molecular weight is 301 g/mol. The van der Waals surface area contributed by atoms with Crippen molar-refractivity contribution < 1.29 is 18.3 Å². The second kappa shape index (κ2) is 5.92. The summed E-state index contributed by atoms with van der Waals surface area (Å²) in [6.07, 6.45) is 3.27. The van der Waals surface area contributed by atoms with Crippen LogP contribution in [0.2, 0.25) is 0 Å². The van der Waals surface area contributed by atoms with Gasteiger partial charge in [0.2, 0.25) is 0 Å². The quantitative estimate of drug-likeness (QED) is 0.839. The van der Waals surface area contributed by atoms with Gasteiger partial charge in [-0.25, -0.2) is 13.4 Å². The van der Waals surface area contributed by atoms with E-state index >= 15 is 0 Å². The third-order valence-corrected chi connectivity index (χ3v) is 5.40. The molecule has 0 radical (unpaired) electrons. The summed E-state index contributed by atoms with van der Waals surface area (Å²) >= 11 is 0. The smallest absolute Gasteiger partial charge is 0.303 e. The average Bonchev–Trinajstić information content (AvgIpc) is 2.88. The van der Waals surface area contributed by atoms with Crippen LogP contribution in [0.1, 0.15) is 32.0 Å². The van der Waals surface area contributed by atoms with Gasteiger partial charge in [-0.05, 0) is 18.8 Å². The van der Waals surface area contributed by atoms with Gasteiger partial charge in [-0.1, -0.05) is 6.92 Å². The SMILES string of the molecule is CCc1ncc(S(=O)(=O)N2CCC(CC(=O)O)CC2)[nH]1. The fourth-order valence-electron chi connectivity index (χ4n) is 2.39. The Balaban J connectivity index is 2.03. The molecule has 0 saturated carbocycles. The third-order valence-electron chi connectivity index (χ3n) is 3.59. The number of carbonyl (C=O) groups is 1. The molecule has 0 amide bonds. The van der Waals surface area contributed by atoms with Gasteiger partial charge in [0, 0.05) is 25.9 Å². The highest BCUT2D eigenvalue weighted by molar-refractivity contribution is 7.89. The molecule has 0 unspecified atom stereocenters. The van der Waals surface area contributed by atoms with Crippen LogP contribution in [0, 0.1) is 5.92 Å². The van der Waals surface area contributed by atoms with Crippen molar-refractivity contribution in [3.63, 3.8) is 0 Å². The van der Waals surface area contributed by atoms with Gasteiger partial charge in [0.05, 0.1) is 6.20 Å². The molecule has 1 aromatic heterocycles. The molecule has 1 aromatic rings. The molecule has 0 atom stereocenters. The first-order valence-corrected chi connectivity index (χ1v) is 8.13. The number of piperidine rings is 1. The number of hydrogen-bond donors (Lipinski definition) is 2. The number of rotatable bonds is 5. The monoisotopic (exact) mass is 301 g/mol. The second-order valence-corrected chi connectivity index (χ2v) is 6.90. The van der Waals surface area contributed by atoms with Gasteiger partial charge >= 0.3 is 5.97 Å². The highest BCUT2D eigenvalue weighted by atomic mass is 32.2. The molecule has 112 valence electrons. The van der Waals surface area contributed by atoms with Crippen LogP contribution in [0.4, 0.5) is 0 Å². The van der Waals surface area contributed by atoms with Crippen molar-refractivity contribution in [3.8, 4) is 0 Å². The number of carboxylic acids is 1. The van der Waals surface area contributed by atoms with Crippen LogP contribution in [-0.2, 0) is 21.2 Å². The van der Waals surface area contributed by atoms with E-state index in [1.165, 1.54) is 10.5 Å². The number of imidazole rings is 1. The number of H-pyrrole nitrogens is 1. The fourth-order valence-corrected chi connectivity index (χ4v) is 3.80. The molecule has 8 heteroatoms. The van der Waals surface area contributed by atoms with Crippen molar-refractivity contribution in [1.29, 1.82) is 0 Å². The van der Waals surface area contributed by atoms with Crippen molar-refractivity contribution >= 4 is 16.0 Å². The molecule has 0 aromatic carbocycles. The predicted octanol–water partition coefficient (Wildman–Crippen LogP) is 0.847. The Kier molecular flexibility index (Phi) is 4.44. The summed E-state index contributed by atoms with van der Waals surface area (Å²) in [6, 6.07) is 0. The highest BCUT2D eigenvalue weighted by Crippen LogP contribution is 2.24. The number of nitrogens with one attached hydrogen (secondary N) is 1. The molecule has 1 aliphatic rings. The summed E-state index contributed by atoms with van der Waals surface area (Å²) in [4.78, 5) is 17.5. The van der Waals surface area contributed by atoms with Crippen molar-refractivity contribution in [2.24, 2.45) is 5.92 Å². The lowest BCUT2D eigenvalue weighted by Crippen LogP contribution is -2.39. The van der Waals surface area contributed by atoms with E-state index in [1.807, 2.05) is 6.92 Å². The van der Waals surface area contributed by atoms with Crippen LogP contribution in [0.5, 0.6) is 0 Å². The van der Waals surface area contributed by atoms with E-state index in [-0.39, 0.29) is 17.4 Å². The Bertz CT molecular complexity index is 573. The zero-order valence-corrected chi connectivity index (χ0v) is 12.2. The van der Waals surface area contributed by atoms with Crippen LogP contribution in [0.15, 0.2) is 11.2 Å². The van der Waals surface area contributed by atoms with E-state index in [0.29, 0.717) is 38.2 Å². The van der Waals surface area contributed by atoms with Crippen molar-refractivity contribution in [2.45, 2.75) is 37.6 Å². The molecular formula is C12H19N3O4S. The van der Waals surface area contributed by atoms with Gasteiger partial charge in [-0.15, -0.1) is 0 Å². The first kappa shape index (κ1) is 15.0. The van der Waals surface area contributed by atoms with E-state index in [2.05, 4.69) is 9.97 Å². The Morgan fingerprint density at radius 3 is 2.65 bits per heavy atom. The number of carboxylic acid groups (broad SMARTS) is 1. The van der Waals surface area contributed by atoms with Crippen LogP contribution in [0.25, 0.3) is 0 Å². The Morgan fingerprint density at radius 2 is 2.15 bits per heavy atom. The molecule has 1 aliphatic heterocycles. The first-order valence-electron chi connectivity index (χ1n) is 6.69. The van der Waals surface area contributed by atoms with E-state index in [9.17, 15) is 13.2 Å². The van der Waals surface area contributed by atoms with Crippen LogP contribution < -0.4 is 0 Å². The summed E-state index contributed by atoms with van der Waals surface area (Å²) in [6.45, 7) is 2.62. The molecule has 2 N–H and O–H groups in total. The minimum Gasteiger partial charge on any atom is -0.481 e. The topological polar surface area (TPSA) is 103 Å². The standard InChI is InChI=1S/C12H19N3O4S/c1-2-10-13-8-11(14-10)20(18,19)15-5-3-9(4-6-15)7-12(16)17/h8-9H,2-7H2,1H3,(H,13,14)(H,16,17). The molecule has 0 bridgehead atoms. The highest BCUT2D eigenvalue weighted by Gasteiger charge is 2.31. The molecule has 1 saturated heterocycles. The first-order chi connectivity index (χ1) is 9.43. The number of hydrogen-bond acceptors (Lipinski definition) is 4. The van der Waals surface area contributed by atoms with E-state index in [1.54, 1.807) is 0 Å². The minimum atomic E-state index is -3.54. The van der Waals surface area contributed by atoms with Gasteiger partial charge in [0.1, 0.15) is 5.82 Å². The molecule has 0 aliphatic carbocycles.